The molecule has 0 fully saturated rings. The molecular formula is C20H17F6N5O. The van der Waals surface area contributed by atoms with Crippen LogP contribution in [0.25, 0.3) is 11.3 Å². The zero-order valence-corrected chi connectivity index (χ0v) is 16.3. The summed E-state index contributed by atoms with van der Waals surface area (Å²) in [5.74, 6) is -0.0154. The molecule has 0 aliphatic heterocycles. The number of hydrogen-bond acceptors (Lipinski definition) is 6. The van der Waals surface area contributed by atoms with Crippen molar-refractivity contribution in [2.45, 2.75) is 18.8 Å². The molecule has 3 aromatic rings. The van der Waals surface area contributed by atoms with E-state index in [4.69, 9.17) is 5.11 Å². The Labute approximate surface area is 178 Å². The summed E-state index contributed by atoms with van der Waals surface area (Å²) in [6.07, 6.45) is -6.57. The summed E-state index contributed by atoms with van der Waals surface area (Å²) in [5, 5.41) is 14.2. The van der Waals surface area contributed by atoms with Gasteiger partial charge in [-0.2, -0.15) is 31.3 Å². The van der Waals surface area contributed by atoms with Crippen LogP contribution in [0.5, 0.6) is 0 Å². The molecule has 0 saturated heterocycles. The molecule has 12 heteroatoms. The van der Waals surface area contributed by atoms with E-state index in [2.05, 4.69) is 25.6 Å². The topological polar surface area (TPSA) is 83.0 Å². The predicted octanol–water partition coefficient (Wildman–Crippen LogP) is 5.11. The van der Waals surface area contributed by atoms with Crippen LogP contribution in [-0.2, 0) is 12.4 Å². The van der Waals surface area contributed by atoms with Gasteiger partial charge in [-0.3, -0.25) is 4.98 Å². The van der Waals surface area contributed by atoms with Crippen LogP contribution in [0.15, 0.2) is 48.8 Å². The molecular weight excluding hydrogens is 440 g/mol. The maximum absolute atomic E-state index is 13.5. The van der Waals surface area contributed by atoms with Crippen molar-refractivity contribution in [1.82, 2.24) is 15.0 Å². The number of alkyl halides is 6. The number of aliphatic hydroxyl groups is 1. The van der Waals surface area contributed by atoms with Gasteiger partial charge >= 0.3 is 12.4 Å². The van der Waals surface area contributed by atoms with Crippen LogP contribution in [-0.4, -0.2) is 33.2 Å². The zero-order valence-electron chi connectivity index (χ0n) is 16.3. The largest absolute Gasteiger partial charge is 0.418 e. The molecule has 0 spiro atoms. The van der Waals surface area contributed by atoms with Gasteiger partial charge < -0.3 is 15.7 Å². The van der Waals surface area contributed by atoms with Crippen molar-refractivity contribution in [1.29, 1.82) is 0 Å². The van der Waals surface area contributed by atoms with Gasteiger partial charge in [-0.15, -0.1) is 0 Å². The van der Waals surface area contributed by atoms with E-state index in [9.17, 15) is 26.3 Å². The number of benzene rings is 1. The van der Waals surface area contributed by atoms with Gasteiger partial charge in [0.1, 0.15) is 5.82 Å². The van der Waals surface area contributed by atoms with E-state index in [-0.39, 0.29) is 24.4 Å². The number of rotatable bonds is 7. The molecule has 0 amide bonds. The van der Waals surface area contributed by atoms with Crippen LogP contribution in [0.2, 0.25) is 0 Å². The lowest BCUT2D eigenvalue weighted by atomic mass is 10.1. The molecule has 1 aromatic carbocycles. The summed E-state index contributed by atoms with van der Waals surface area (Å²) in [6.45, 7) is 0.196. The predicted molar refractivity (Wildman–Crippen MR) is 105 cm³/mol. The SMILES string of the molecule is OCCCNc1nc(Nc2ccc(C(F)(F)F)cc2C(F)(F)F)cc(-c2cccnc2)n1. The molecule has 6 nitrogen and oxygen atoms in total. The first-order chi connectivity index (χ1) is 15.1. The first kappa shape index (κ1) is 23.3. The second kappa shape index (κ2) is 9.39. The smallest absolute Gasteiger partial charge is 0.396 e. The van der Waals surface area contributed by atoms with Gasteiger partial charge in [-0.1, -0.05) is 0 Å². The third-order valence-corrected chi connectivity index (χ3v) is 4.22. The third-order valence-electron chi connectivity index (χ3n) is 4.22. The van der Waals surface area contributed by atoms with Crippen LogP contribution in [0.4, 0.5) is 43.8 Å². The lowest BCUT2D eigenvalue weighted by molar-refractivity contribution is -0.142. The monoisotopic (exact) mass is 457 g/mol. The Morgan fingerprint density at radius 1 is 0.938 bits per heavy atom. The van der Waals surface area contributed by atoms with Crippen LogP contribution >= 0.6 is 0 Å². The first-order valence-corrected chi connectivity index (χ1v) is 9.27. The number of pyridine rings is 1. The Hall–Kier alpha value is -3.41. The summed E-state index contributed by atoms with van der Waals surface area (Å²) in [6, 6.07) is 5.98. The van der Waals surface area contributed by atoms with Crippen LogP contribution in [0.3, 0.4) is 0 Å². The number of hydrogen-bond donors (Lipinski definition) is 3. The van der Waals surface area contributed by atoms with Crippen molar-refractivity contribution in [3.8, 4) is 11.3 Å². The molecule has 0 bridgehead atoms. The Balaban J connectivity index is 2.03. The van der Waals surface area contributed by atoms with E-state index in [0.29, 0.717) is 36.4 Å². The maximum Gasteiger partial charge on any atom is 0.418 e. The highest BCUT2D eigenvalue weighted by atomic mass is 19.4. The Morgan fingerprint density at radius 2 is 1.72 bits per heavy atom. The molecule has 0 saturated carbocycles. The van der Waals surface area contributed by atoms with Crippen molar-refractivity contribution >= 4 is 17.5 Å². The minimum atomic E-state index is -5.04. The summed E-state index contributed by atoms with van der Waals surface area (Å²) in [4.78, 5) is 12.3. The van der Waals surface area contributed by atoms with Crippen molar-refractivity contribution < 1.29 is 31.4 Å². The highest BCUT2D eigenvalue weighted by molar-refractivity contribution is 5.68. The first-order valence-electron chi connectivity index (χ1n) is 9.27. The molecule has 0 radical (unpaired) electrons. The van der Waals surface area contributed by atoms with Gasteiger partial charge in [0, 0.05) is 37.2 Å². The Bertz CT molecular complexity index is 1060. The van der Waals surface area contributed by atoms with Gasteiger partial charge in [-0.05, 0) is 36.8 Å². The lowest BCUT2D eigenvalue weighted by Gasteiger charge is -2.17. The third kappa shape index (κ3) is 5.84. The van der Waals surface area contributed by atoms with Crippen molar-refractivity contribution in [3.05, 3.63) is 59.9 Å². The fourth-order valence-electron chi connectivity index (χ4n) is 2.73. The number of anilines is 3. The molecule has 32 heavy (non-hydrogen) atoms. The highest BCUT2D eigenvalue weighted by Crippen LogP contribution is 2.40. The van der Waals surface area contributed by atoms with Gasteiger partial charge in [0.15, 0.2) is 0 Å². The maximum atomic E-state index is 13.5. The average molecular weight is 457 g/mol. The highest BCUT2D eigenvalue weighted by Gasteiger charge is 2.38. The van der Waals surface area contributed by atoms with Crippen molar-refractivity contribution in [2.24, 2.45) is 0 Å². The molecule has 2 heterocycles. The second-order valence-corrected chi connectivity index (χ2v) is 6.59. The summed E-state index contributed by atoms with van der Waals surface area (Å²) in [5.41, 5.74) is -2.62. The summed E-state index contributed by atoms with van der Waals surface area (Å²) < 4.78 is 79.1. The van der Waals surface area contributed by atoms with Gasteiger partial charge in [-0.25, -0.2) is 4.98 Å². The van der Waals surface area contributed by atoms with Crippen molar-refractivity contribution in [3.63, 3.8) is 0 Å². The molecule has 2 aromatic heterocycles. The summed E-state index contributed by atoms with van der Waals surface area (Å²) in [7, 11) is 0. The number of nitrogens with zero attached hydrogens (tertiary/aromatic N) is 3. The van der Waals surface area contributed by atoms with Gasteiger partial charge in [0.25, 0.3) is 0 Å². The summed E-state index contributed by atoms with van der Waals surface area (Å²) >= 11 is 0. The van der Waals surface area contributed by atoms with Crippen LogP contribution in [0.1, 0.15) is 17.5 Å². The van der Waals surface area contributed by atoms with Crippen molar-refractivity contribution in [2.75, 3.05) is 23.8 Å². The van der Waals surface area contributed by atoms with Gasteiger partial charge in [0.2, 0.25) is 5.95 Å². The molecule has 3 N–H and O–H groups in total. The minimum absolute atomic E-state index is 0.0476. The normalized spacial score (nSPS) is 12.0. The number of aliphatic hydroxyl groups excluding tert-OH is 1. The Kier molecular flexibility index (Phi) is 6.82. The van der Waals surface area contributed by atoms with Crippen LogP contribution < -0.4 is 10.6 Å². The fourth-order valence-corrected chi connectivity index (χ4v) is 2.73. The zero-order chi connectivity index (χ0) is 23.4. The lowest BCUT2D eigenvalue weighted by Crippen LogP contribution is -2.14. The number of aromatic nitrogens is 3. The molecule has 170 valence electrons. The van der Waals surface area contributed by atoms with Crippen LogP contribution in [0, 0.1) is 0 Å². The minimum Gasteiger partial charge on any atom is -0.396 e. The number of nitrogens with one attached hydrogen (secondary N) is 2. The average Bonchev–Trinajstić information content (AvgIpc) is 2.73. The van der Waals surface area contributed by atoms with E-state index >= 15 is 0 Å². The standard InChI is InChI=1S/C20H17F6N5O/c21-19(22,23)13-4-5-15(14(9-13)20(24,25)26)29-17-10-16(12-3-1-6-27-11-12)30-18(31-17)28-7-2-8-32/h1,3-6,9-11,32H,2,7-8H2,(H2,28,29,30,31). The molecule has 0 unspecified atom stereocenters. The molecule has 3 rings (SSSR count). The van der Waals surface area contributed by atoms with E-state index < -0.39 is 29.2 Å². The molecule has 0 atom stereocenters. The molecule has 0 aliphatic rings. The fraction of sp³-hybridized carbons (Fsp3) is 0.250. The van der Waals surface area contributed by atoms with E-state index in [1.54, 1.807) is 12.1 Å². The number of halogens is 6. The Morgan fingerprint density at radius 3 is 2.34 bits per heavy atom. The van der Waals surface area contributed by atoms with Gasteiger partial charge in [0.05, 0.1) is 22.5 Å². The second-order valence-electron chi connectivity index (χ2n) is 6.59. The molecule has 0 aliphatic carbocycles. The van der Waals surface area contributed by atoms with E-state index in [1.807, 2.05) is 0 Å². The van der Waals surface area contributed by atoms with E-state index in [1.165, 1.54) is 18.5 Å². The van der Waals surface area contributed by atoms with E-state index in [0.717, 1.165) is 0 Å². The quantitative estimate of drug-likeness (QED) is 0.338.